The fourth-order valence-corrected chi connectivity index (χ4v) is 3.41. The van der Waals surface area contributed by atoms with Crippen molar-refractivity contribution in [2.75, 3.05) is 30.0 Å². The molecule has 0 unspecified atom stereocenters. The second-order valence-corrected chi connectivity index (χ2v) is 6.41. The molecule has 1 aliphatic carbocycles. The van der Waals surface area contributed by atoms with Crippen molar-refractivity contribution < 1.29 is 0 Å². The van der Waals surface area contributed by atoms with Crippen LogP contribution in [0, 0.1) is 11.3 Å². The molecule has 1 aromatic heterocycles. The molecule has 2 rings (SSSR count). The first-order valence-corrected chi connectivity index (χ1v) is 7.59. The normalized spacial score (nSPS) is 17.4. The SMILES string of the molecule is CNc1cc(NCC2(CC(C)C)CCCC2)nc(N)n1. The van der Waals surface area contributed by atoms with Crippen molar-refractivity contribution in [2.45, 2.75) is 46.0 Å². The third-order valence-electron chi connectivity index (χ3n) is 4.15. The lowest BCUT2D eigenvalue weighted by molar-refractivity contribution is 0.252. The molecule has 1 fully saturated rings. The molecule has 0 amide bonds. The van der Waals surface area contributed by atoms with Gasteiger partial charge in [-0.25, -0.2) is 0 Å². The molecule has 1 saturated carbocycles. The number of aromatic nitrogens is 2. The first kappa shape index (κ1) is 14.9. The number of anilines is 3. The van der Waals surface area contributed by atoms with Gasteiger partial charge in [0.1, 0.15) is 11.6 Å². The average Bonchev–Trinajstić information content (AvgIpc) is 2.84. The van der Waals surface area contributed by atoms with Gasteiger partial charge in [-0.05, 0) is 30.6 Å². The van der Waals surface area contributed by atoms with Gasteiger partial charge >= 0.3 is 0 Å². The van der Waals surface area contributed by atoms with Gasteiger partial charge in [0.2, 0.25) is 5.95 Å². The van der Waals surface area contributed by atoms with Crippen molar-refractivity contribution in [1.82, 2.24) is 9.97 Å². The van der Waals surface area contributed by atoms with Gasteiger partial charge in [0.05, 0.1) is 0 Å². The van der Waals surface area contributed by atoms with E-state index in [1.54, 1.807) is 0 Å². The van der Waals surface area contributed by atoms with E-state index in [2.05, 4.69) is 34.4 Å². The number of hydrogen-bond donors (Lipinski definition) is 3. The van der Waals surface area contributed by atoms with Crippen LogP contribution in [0.4, 0.5) is 17.6 Å². The summed E-state index contributed by atoms with van der Waals surface area (Å²) in [5, 5.41) is 6.48. The lowest BCUT2D eigenvalue weighted by Gasteiger charge is -2.31. The second-order valence-electron chi connectivity index (χ2n) is 6.41. The number of nitrogens with zero attached hydrogens (tertiary/aromatic N) is 2. The minimum Gasteiger partial charge on any atom is -0.373 e. The number of nitrogens with one attached hydrogen (secondary N) is 2. The smallest absolute Gasteiger partial charge is 0.223 e. The van der Waals surface area contributed by atoms with Gasteiger partial charge in [-0.2, -0.15) is 9.97 Å². The topological polar surface area (TPSA) is 75.9 Å². The number of nitrogens with two attached hydrogens (primary N) is 1. The monoisotopic (exact) mass is 277 g/mol. The van der Waals surface area contributed by atoms with Gasteiger partial charge < -0.3 is 16.4 Å². The molecule has 5 heteroatoms. The van der Waals surface area contributed by atoms with Crippen LogP contribution in [0.1, 0.15) is 46.0 Å². The van der Waals surface area contributed by atoms with Crippen LogP contribution >= 0.6 is 0 Å². The Morgan fingerprint density at radius 1 is 1.25 bits per heavy atom. The third kappa shape index (κ3) is 3.74. The van der Waals surface area contributed by atoms with Crippen LogP contribution in [0.5, 0.6) is 0 Å². The van der Waals surface area contributed by atoms with E-state index in [-0.39, 0.29) is 0 Å². The van der Waals surface area contributed by atoms with E-state index in [4.69, 9.17) is 5.73 Å². The molecule has 112 valence electrons. The van der Waals surface area contributed by atoms with Crippen LogP contribution in [0.25, 0.3) is 0 Å². The molecule has 0 spiro atoms. The fraction of sp³-hybridized carbons (Fsp3) is 0.733. The molecule has 0 atom stereocenters. The van der Waals surface area contributed by atoms with Crippen molar-refractivity contribution in [3.05, 3.63) is 6.07 Å². The zero-order chi connectivity index (χ0) is 14.6. The molecule has 1 aliphatic rings. The van der Waals surface area contributed by atoms with Crippen LogP contribution in [0.3, 0.4) is 0 Å². The van der Waals surface area contributed by atoms with Gasteiger partial charge in [0.25, 0.3) is 0 Å². The highest BCUT2D eigenvalue weighted by molar-refractivity contribution is 5.50. The highest BCUT2D eigenvalue weighted by atomic mass is 15.1. The Labute approximate surface area is 121 Å². The Balaban J connectivity index is 2.04. The summed E-state index contributed by atoms with van der Waals surface area (Å²) in [5.41, 5.74) is 6.15. The van der Waals surface area contributed by atoms with Crippen LogP contribution < -0.4 is 16.4 Å². The summed E-state index contributed by atoms with van der Waals surface area (Å²) in [6.45, 7) is 5.59. The molecule has 1 aromatic rings. The summed E-state index contributed by atoms with van der Waals surface area (Å²) < 4.78 is 0. The Hall–Kier alpha value is -1.52. The van der Waals surface area contributed by atoms with Gasteiger partial charge in [-0.3, -0.25) is 0 Å². The summed E-state index contributed by atoms with van der Waals surface area (Å²) in [4.78, 5) is 8.38. The van der Waals surface area contributed by atoms with Crippen molar-refractivity contribution in [3.8, 4) is 0 Å². The van der Waals surface area contributed by atoms with Crippen molar-refractivity contribution in [1.29, 1.82) is 0 Å². The van der Waals surface area contributed by atoms with Gasteiger partial charge in [0, 0.05) is 19.7 Å². The lowest BCUT2D eigenvalue weighted by atomic mass is 9.78. The predicted molar refractivity (Wildman–Crippen MR) is 84.8 cm³/mol. The number of hydrogen-bond acceptors (Lipinski definition) is 5. The number of rotatable bonds is 6. The van der Waals surface area contributed by atoms with Crippen LogP contribution in [0.15, 0.2) is 6.07 Å². The summed E-state index contributed by atoms with van der Waals surface area (Å²) >= 11 is 0. The maximum absolute atomic E-state index is 5.73. The standard InChI is InChI=1S/C15H27N5/c1-11(2)9-15(6-4-5-7-15)10-18-13-8-12(17-3)19-14(16)20-13/h8,11H,4-7,9-10H2,1-3H3,(H4,16,17,18,19,20). The second kappa shape index (κ2) is 6.29. The number of nitrogen functional groups attached to an aromatic ring is 1. The van der Waals surface area contributed by atoms with Crippen molar-refractivity contribution >= 4 is 17.6 Å². The predicted octanol–water partition coefficient (Wildman–Crippen LogP) is 3.12. The maximum atomic E-state index is 5.73. The van der Waals surface area contributed by atoms with E-state index in [0.29, 0.717) is 11.4 Å². The average molecular weight is 277 g/mol. The highest BCUT2D eigenvalue weighted by Gasteiger charge is 2.34. The zero-order valence-corrected chi connectivity index (χ0v) is 12.9. The molecule has 1 heterocycles. The minimum absolute atomic E-state index is 0.309. The third-order valence-corrected chi connectivity index (χ3v) is 4.15. The molecule has 0 saturated heterocycles. The van der Waals surface area contributed by atoms with Crippen molar-refractivity contribution in [2.24, 2.45) is 11.3 Å². The Kier molecular flexibility index (Phi) is 4.68. The molecule has 0 radical (unpaired) electrons. The maximum Gasteiger partial charge on any atom is 0.223 e. The molecule has 20 heavy (non-hydrogen) atoms. The molecule has 5 nitrogen and oxygen atoms in total. The first-order chi connectivity index (χ1) is 9.53. The Morgan fingerprint density at radius 3 is 2.50 bits per heavy atom. The van der Waals surface area contributed by atoms with Crippen molar-refractivity contribution in [3.63, 3.8) is 0 Å². The van der Waals surface area contributed by atoms with Gasteiger partial charge in [-0.1, -0.05) is 26.7 Å². The summed E-state index contributed by atoms with van der Waals surface area (Å²) in [6, 6.07) is 1.91. The van der Waals surface area contributed by atoms with E-state index < -0.39 is 0 Å². The van der Waals surface area contributed by atoms with E-state index in [1.165, 1.54) is 32.1 Å². The molecule has 4 N–H and O–H groups in total. The molecular weight excluding hydrogens is 250 g/mol. The van der Waals surface area contributed by atoms with Crippen LogP contribution in [0.2, 0.25) is 0 Å². The zero-order valence-electron chi connectivity index (χ0n) is 12.9. The highest BCUT2D eigenvalue weighted by Crippen LogP contribution is 2.43. The van der Waals surface area contributed by atoms with E-state index >= 15 is 0 Å². The molecule has 0 aliphatic heterocycles. The Bertz CT molecular complexity index is 438. The van der Waals surface area contributed by atoms with E-state index in [0.717, 1.165) is 24.1 Å². The summed E-state index contributed by atoms with van der Waals surface area (Å²) in [6.07, 6.45) is 6.61. The van der Waals surface area contributed by atoms with Crippen LogP contribution in [-0.4, -0.2) is 23.6 Å². The molecular formula is C15H27N5. The quantitative estimate of drug-likeness (QED) is 0.745. The first-order valence-electron chi connectivity index (χ1n) is 7.59. The van der Waals surface area contributed by atoms with E-state index in [9.17, 15) is 0 Å². The molecule has 0 bridgehead atoms. The molecule has 0 aromatic carbocycles. The fourth-order valence-electron chi connectivity index (χ4n) is 3.41. The van der Waals surface area contributed by atoms with Gasteiger partial charge in [-0.15, -0.1) is 0 Å². The summed E-state index contributed by atoms with van der Waals surface area (Å²) in [7, 11) is 1.84. The van der Waals surface area contributed by atoms with Crippen LogP contribution in [-0.2, 0) is 0 Å². The van der Waals surface area contributed by atoms with Gasteiger partial charge in [0.15, 0.2) is 0 Å². The lowest BCUT2D eigenvalue weighted by Crippen LogP contribution is -2.28. The van der Waals surface area contributed by atoms with E-state index in [1.807, 2.05) is 13.1 Å². The Morgan fingerprint density at radius 2 is 1.90 bits per heavy atom. The largest absolute Gasteiger partial charge is 0.373 e. The minimum atomic E-state index is 0.309. The summed E-state index contributed by atoms with van der Waals surface area (Å²) in [5.74, 6) is 2.61.